The SMILES string of the molecule is COCC1CCN(CC(O)c2cccc(N)c2)CC1. The molecule has 1 atom stereocenters. The molecule has 1 aromatic carbocycles. The van der Waals surface area contributed by atoms with Crippen LogP contribution in [0, 0.1) is 5.92 Å². The number of hydrogen-bond acceptors (Lipinski definition) is 4. The van der Waals surface area contributed by atoms with Crippen molar-refractivity contribution in [2.24, 2.45) is 5.92 Å². The third-order valence-electron chi connectivity index (χ3n) is 3.84. The van der Waals surface area contributed by atoms with Gasteiger partial charge in [0.05, 0.1) is 6.10 Å². The number of methoxy groups -OCH3 is 1. The van der Waals surface area contributed by atoms with Gasteiger partial charge in [-0.1, -0.05) is 12.1 Å². The van der Waals surface area contributed by atoms with E-state index < -0.39 is 6.10 Å². The fourth-order valence-corrected chi connectivity index (χ4v) is 2.69. The number of rotatable bonds is 5. The summed E-state index contributed by atoms with van der Waals surface area (Å²) in [4.78, 5) is 2.32. The molecule has 1 aliphatic rings. The molecule has 4 nitrogen and oxygen atoms in total. The highest BCUT2D eigenvalue weighted by molar-refractivity contribution is 5.41. The highest BCUT2D eigenvalue weighted by Gasteiger charge is 2.21. The molecular formula is C15H24N2O2. The van der Waals surface area contributed by atoms with Gasteiger partial charge in [0.25, 0.3) is 0 Å². The Balaban J connectivity index is 1.82. The number of anilines is 1. The highest BCUT2D eigenvalue weighted by atomic mass is 16.5. The Morgan fingerprint density at radius 1 is 1.42 bits per heavy atom. The summed E-state index contributed by atoms with van der Waals surface area (Å²) < 4.78 is 5.20. The number of ether oxygens (including phenoxy) is 1. The van der Waals surface area contributed by atoms with E-state index in [1.807, 2.05) is 24.3 Å². The summed E-state index contributed by atoms with van der Waals surface area (Å²) in [7, 11) is 1.76. The summed E-state index contributed by atoms with van der Waals surface area (Å²) in [6.45, 7) is 3.61. The van der Waals surface area contributed by atoms with Crippen LogP contribution in [0.1, 0.15) is 24.5 Å². The van der Waals surface area contributed by atoms with Crippen LogP contribution in [-0.2, 0) is 4.74 Å². The number of nitrogen functional groups attached to an aromatic ring is 1. The van der Waals surface area contributed by atoms with E-state index >= 15 is 0 Å². The second kappa shape index (κ2) is 6.89. The number of aliphatic hydroxyl groups excluding tert-OH is 1. The van der Waals surface area contributed by atoms with Crippen LogP contribution >= 0.6 is 0 Å². The Hall–Kier alpha value is -1.10. The summed E-state index contributed by atoms with van der Waals surface area (Å²) in [5.74, 6) is 0.672. The van der Waals surface area contributed by atoms with E-state index in [1.165, 1.54) is 0 Å². The molecule has 0 aromatic heterocycles. The van der Waals surface area contributed by atoms with Crippen LogP contribution in [0.3, 0.4) is 0 Å². The zero-order valence-corrected chi connectivity index (χ0v) is 11.6. The number of likely N-dealkylation sites (tertiary alicyclic amines) is 1. The first kappa shape index (κ1) is 14.3. The van der Waals surface area contributed by atoms with E-state index in [9.17, 15) is 5.11 Å². The van der Waals surface area contributed by atoms with E-state index in [2.05, 4.69) is 4.90 Å². The second-order valence-corrected chi connectivity index (χ2v) is 5.39. The number of piperidine rings is 1. The summed E-state index contributed by atoms with van der Waals surface area (Å²) in [6.07, 6.45) is 1.84. The van der Waals surface area contributed by atoms with Gasteiger partial charge >= 0.3 is 0 Å². The normalized spacial score (nSPS) is 19.5. The van der Waals surface area contributed by atoms with Crippen molar-refractivity contribution < 1.29 is 9.84 Å². The van der Waals surface area contributed by atoms with Gasteiger partial charge in [0.2, 0.25) is 0 Å². The molecule has 1 unspecified atom stereocenters. The maximum atomic E-state index is 10.2. The minimum atomic E-state index is -0.456. The maximum absolute atomic E-state index is 10.2. The van der Waals surface area contributed by atoms with Crippen molar-refractivity contribution in [3.63, 3.8) is 0 Å². The van der Waals surface area contributed by atoms with Gasteiger partial charge in [-0.15, -0.1) is 0 Å². The van der Waals surface area contributed by atoms with E-state index in [4.69, 9.17) is 10.5 Å². The number of aliphatic hydroxyl groups is 1. The lowest BCUT2D eigenvalue weighted by Gasteiger charge is -2.32. The van der Waals surface area contributed by atoms with Crippen molar-refractivity contribution >= 4 is 5.69 Å². The monoisotopic (exact) mass is 264 g/mol. The van der Waals surface area contributed by atoms with Crippen molar-refractivity contribution in [1.82, 2.24) is 4.90 Å². The summed E-state index contributed by atoms with van der Waals surface area (Å²) in [6, 6.07) is 7.51. The molecule has 1 aliphatic heterocycles. The van der Waals surface area contributed by atoms with E-state index in [0.717, 1.165) is 38.1 Å². The zero-order valence-electron chi connectivity index (χ0n) is 11.6. The number of benzene rings is 1. The van der Waals surface area contributed by atoms with Crippen molar-refractivity contribution in [3.8, 4) is 0 Å². The Bertz CT molecular complexity index is 389. The van der Waals surface area contributed by atoms with Gasteiger partial charge in [-0.25, -0.2) is 0 Å². The van der Waals surface area contributed by atoms with Gasteiger partial charge in [-0.2, -0.15) is 0 Å². The lowest BCUT2D eigenvalue weighted by Crippen LogP contribution is -2.37. The molecule has 0 amide bonds. The van der Waals surface area contributed by atoms with Crippen LogP contribution in [0.5, 0.6) is 0 Å². The van der Waals surface area contributed by atoms with Crippen LogP contribution in [0.25, 0.3) is 0 Å². The van der Waals surface area contributed by atoms with Gasteiger partial charge < -0.3 is 20.5 Å². The smallest absolute Gasteiger partial charge is 0.0917 e. The van der Waals surface area contributed by atoms with Gasteiger partial charge in [-0.05, 0) is 49.5 Å². The maximum Gasteiger partial charge on any atom is 0.0917 e. The Kier molecular flexibility index (Phi) is 5.19. The van der Waals surface area contributed by atoms with E-state index in [0.29, 0.717) is 18.2 Å². The fourth-order valence-electron chi connectivity index (χ4n) is 2.69. The number of β-amino-alcohol motifs (C(OH)–C–C–N with tert-alkyl or cyclic N) is 1. The minimum absolute atomic E-state index is 0.456. The molecule has 19 heavy (non-hydrogen) atoms. The molecule has 4 heteroatoms. The molecule has 0 aliphatic carbocycles. The predicted octanol–water partition coefficient (Wildman–Crippen LogP) is 1.66. The minimum Gasteiger partial charge on any atom is -0.399 e. The van der Waals surface area contributed by atoms with Crippen molar-refractivity contribution in [2.75, 3.05) is 39.1 Å². The van der Waals surface area contributed by atoms with Crippen molar-refractivity contribution in [2.45, 2.75) is 18.9 Å². The van der Waals surface area contributed by atoms with Gasteiger partial charge in [0.1, 0.15) is 0 Å². The molecule has 0 bridgehead atoms. The van der Waals surface area contributed by atoms with Gasteiger partial charge in [-0.3, -0.25) is 0 Å². The molecule has 0 saturated carbocycles. The van der Waals surface area contributed by atoms with Gasteiger partial charge in [0.15, 0.2) is 0 Å². The van der Waals surface area contributed by atoms with Crippen LogP contribution in [0.4, 0.5) is 5.69 Å². The molecule has 0 radical (unpaired) electrons. The summed E-state index contributed by atoms with van der Waals surface area (Å²) >= 11 is 0. The Labute approximate surface area is 115 Å². The number of nitrogens with two attached hydrogens (primary N) is 1. The quantitative estimate of drug-likeness (QED) is 0.794. The molecule has 1 fully saturated rings. The Morgan fingerprint density at radius 3 is 2.79 bits per heavy atom. The average Bonchev–Trinajstić information content (AvgIpc) is 2.41. The molecule has 1 aromatic rings. The molecule has 1 saturated heterocycles. The summed E-state index contributed by atoms with van der Waals surface area (Å²) in [5.41, 5.74) is 7.35. The lowest BCUT2D eigenvalue weighted by atomic mass is 9.97. The third kappa shape index (κ3) is 4.20. The van der Waals surface area contributed by atoms with Crippen LogP contribution < -0.4 is 5.73 Å². The van der Waals surface area contributed by atoms with Crippen LogP contribution in [0.15, 0.2) is 24.3 Å². The summed E-state index contributed by atoms with van der Waals surface area (Å²) in [5, 5.41) is 10.2. The third-order valence-corrected chi connectivity index (χ3v) is 3.84. The highest BCUT2D eigenvalue weighted by Crippen LogP contribution is 2.21. The molecule has 3 N–H and O–H groups in total. The topological polar surface area (TPSA) is 58.7 Å². The molecule has 0 spiro atoms. The second-order valence-electron chi connectivity index (χ2n) is 5.39. The average molecular weight is 264 g/mol. The lowest BCUT2D eigenvalue weighted by molar-refractivity contribution is 0.0657. The van der Waals surface area contributed by atoms with E-state index in [1.54, 1.807) is 7.11 Å². The predicted molar refractivity (Wildman–Crippen MR) is 76.9 cm³/mol. The standard InChI is InChI=1S/C15H24N2O2/c1-19-11-12-5-7-17(8-6-12)10-15(18)13-3-2-4-14(16)9-13/h2-4,9,12,15,18H,5-8,10-11,16H2,1H3. The molecule has 2 rings (SSSR count). The zero-order chi connectivity index (χ0) is 13.7. The van der Waals surface area contributed by atoms with Crippen molar-refractivity contribution in [1.29, 1.82) is 0 Å². The number of nitrogens with zero attached hydrogens (tertiary/aromatic N) is 1. The molecule has 106 valence electrons. The molecule has 1 heterocycles. The van der Waals surface area contributed by atoms with Gasteiger partial charge in [0, 0.05) is 25.9 Å². The Morgan fingerprint density at radius 2 is 2.16 bits per heavy atom. The first-order chi connectivity index (χ1) is 9.19. The largest absolute Gasteiger partial charge is 0.399 e. The van der Waals surface area contributed by atoms with Crippen LogP contribution in [0.2, 0.25) is 0 Å². The van der Waals surface area contributed by atoms with E-state index in [-0.39, 0.29) is 0 Å². The molecular weight excluding hydrogens is 240 g/mol. The fraction of sp³-hybridized carbons (Fsp3) is 0.600. The van der Waals surface area contributed by atoms with Crippen LogP contribution in [-0.4, -0.2) is 43.4 Å². The number of hydrogen-bond donors (Lipinski definition) is 2. The first-order valence-electron chi connectivity index (χ1n) is 6.94. The van der Waals surface area contributed by atoms with Crippen molar-refractivity contribution in [3.05, 3.63) is 29.8 Å². The first-order valence-corrected chi connectivity index (χ1v) is 6.94.